The Hall–Kier alpha value is -2.89. The van der Waals surface area contributed by atoms with Crippen molar-refractivity contribution >= 4 is 50.4 Å². The van der Waals surface area contributed by atoms with Crippen LogP contribution in [0.1, 0.15) is 29.2 Å². The number of pyridine rings is 1. The highest BCUT2D eigenvalue weighted by molar-refractivity contribution is 7.20. The fourth-order valence-corrected chi connectivity index (χ4v) is 4.70. The smallest absolute Gasteiger partial charge is 0.268 e. The summed E-state index contributed by atoms with van der Waals surface area (Å²) in [6.07, 6.45) is 0. The lowest BCUT2D eigenvalue weighted by atomic mass is 10.2. The van der Waals surface area contributed by atoms with Gasteiger partial charge in [-0.3, -0.25) is 4.79 Å². The van der Waals surface area contributed by atoms with Crippen LogP contribution in [-0.2, 0) is 6.54 Å². The quantitative estimate of drug-likeness (QED) is 0.317. The Labute approximate surface area is 191 Å². The molecule has 1 amide bonds. The molecule has 4 aromatic rings. The minimum Gasteiger partial charge on any atom is -0.357 e. The maximum Gasteiger partial charge on any atom is 0.268 e. The minimum absolute atomic E-state index is 0.0430. The number of amides is 1. The Balaban J connectivity index is 1.70. The van der Waals surface area contributed by atoms with Crippen LogP contribution in [0.4, 0.5) is 11.5 Å². The molecule has 2 heterocycles. The van der Waals surface area contributed by atoms with Crippen molar-refractivity contribution in [1.29, 1.82) is 0 Å². The molecule has 0 N–H and O–H groups in total. The van der Waals surface area contributed by atoms with Crippen molar-refractivity contribution in [2.75, 3.05) is 22.9 Å². The van der Waals surface area contributed by atoms with E-state index < -0.39 is 0 Å². The van der Waals surface area contributed by atoms with Crippen molar-refractivity contribution in [1.82, 2.24) is 4.98 Å². The largest absolute Gasteiger partial charge is 0.357 e. The second kappa shape index (κ2) is 9.50. The van der Waals surface area contributed by atoms with Crippen LogP contribution in [0, 0.1) is 0 Å². The first-order valence-electron chi connectivity index (χ1n) is 10.4. The number of hydrogen-bond donors (Lipinski definition) is 0. The summed E-state index contributed by atoms with van der Waals surface area (Å²) in [4.78, 5) is 23.1. The maximum absolute atomic E-state index is 13.6. The number of halogens is 1. The molecule has 0 aliphatic rings. The van der Waals surface area contributed by atoms with Gasteiger partial charge >= 0.3 is 0 Å². The van der Waals surface area contributed by atoms with E-state index in [0.29, 0.717) is 16.4 Å². The highest BCUT2D eigenvalue weighted by Gasteiger charge is 2.21. The topological polar surface area (TPSA) is 36.4 Å². The van der Waals surface area contributed by atoms with Gasteiger partial charge in [0.15, 0.2) is 0 Å². The lowest BCUT2D eigenvalue weighted by molar-refractivity contribution is 0.0988. The third kappa shape index (κ3) is 4.73. The zero-order chi connectivity index (χ0) is 21.8. The number of thiophene rings is 1. The lowest BCUT2D eigenvalue weighted by Gasteiger charge is -2.24. The maximum atomic E-state index is 13.6. The fraction of sp³-hybridized carbons (Fsp3) is 0.200. The Morgan fingerprint density at radius 1 is 0.968 bits per heavy atom. The number of rotatable bonds is 7. The standard InChI is InChI=1S/C25H24ClN3OS/c1-3-28(4-2)24-11-7-9-20(27-24)17-29(21-14-12-19(26)13-15-21)25(30)23-16-18-8-5-6-10-22(18)31-23/h5-16H,3-4,17H2,1-2H3. The molecule has 4 nitrogen and oxygen atoms in total. The molecule has 0 unspecified atom stereocenters. The van der Waals surface area contributed by atoms with Crippen LogP contribution in [-0.4, -0.2) is 24.0 Å². The second-order valence-electron chi connectivity index (χ2n) is 7.18. The summed E-state index contributed by atoms with van der Waals surface area (Å²) in [5, 5.41) is 1.72. The van der Waals surface area contributed by atoms with Crippen molar-refractivity contribution in [3.05, 3.63) is 88.4 Å². The molecule has 4 rings (SSSR count). The number of aromatic nitrogens is 1. The van der Waals surface area contributed by atoms with Gasteiger partial charge in [-0.2, -0.15) is 0 Å². The van der Waals surface area contributed by atoms with E-state index in [1.165, 1.54) is 11.3 Å². The van der Waals surface area contributed by atoms with Crippen LogP contribution < -0.4 is 9.80 Å². The molecule has 2 aromatic carbocycles. The predicted molar refractivity (Wildman–Crippen MR) is 132 cm³/mol. The summed E-state index contributed by atoms with van der Waals surface area (Å²) in [6, 6.07) is 23.4. The molecule has 2 aromatic heterocycles. The van der Waals surface area contributed by atoms with Crippen LogP contribution in [0.3, 0.4) is 0 Å². The van der Waals surface area contributed by atoms with Gasteiger partial charge in [-0.15, -0.1) is 11.3 Å². The Morgan fingerprint density at radius 2 is 1.71 bits per heavy atom. The summed E-state index contributed by atoms with van der Waals surface area (Å²) in [7, 11) is 0. The third-order valence-corrected chi connectivity index (χ3v) is 6.58. The van der Waals surface area contributed by atoms with Gasteiger partial charge in [0, 0.05) is 28.5 Å². The fourth-order valence-electron chi connectivity index (χ4n) is 3.56. The van der Waals surface area contributed by atoms with Gasteiger partial charge in [-0.05, 0) is 67.8 Å². The first-order valence-corrected chi connectivity index (χ1v) is 11.6. The van der Waals surface area contributed by atoms with Crippen LogP contribution in [0.15, 0.2) is 72.8 Å². The van der Waals surface area contributed by atoms with Gasteiger partial charge in [-0.1, -0.05) is 35.9 Å². The molecule has 31 heavy (non-hydrogen) atoms. The van der Waals surface area contributed by atoms with E-state index in [2.05, 4.69) is 18.7 Å². The first-order chi connectivity index (χ1) is 15.1. The number of carbonyl (C=O) groups excluding carboxylic acids is 1. The summed E-state index contributed by atoms with van der Waals surface area (Å²) >= 11 is 7.61. The van der Waals surface area contributed by atoms with Crippen molar-refractivity contribution in [3.63, 3.8) is 0 Å². The van der Waals surface area contributed by atoms with Crippen LogP contribution in [0.2, 0.25) is 5.02 Å². The summed E-state index contributed by atoms with van der Waals surface area (Å²) in [5.74, 6) is 0.881. The van der Waals surface area contributed by atoms with Gasteiger partial charge in [0.25, 0.3) is 5.91 Å². The highest BCUT2D eigenvalue weighted by atomic mass is 35.5. The number of anilines is 2. The summed E-state index contributed by atoms with van der Waals surface area (Å²) in [5.41, 5.74) is 1.63. The number of carbonyl (C=O) groups is 1. The van der Waals surface area contributed by atoms with Crippen molar-refractivity contribution < 1.29 is 4.79 Å². The first kappa shape index (κ1) is 21.3. The average Bonchev–Trinajstić information content (AvgIpc) is 3.23. The predicted octanol–water partition coefficient (Wildman–Crippen LogP) is 6.64. The zero-order valence-electron chi connectivity index (χ0n) is 17.6. The summed E-state index contributed by atoms with van der Waals surface area (Å²) < 4.78 is 1.10. The van der Waals surface area contributed by atoms with E-state index in [0.717, 1.165) is 40.4 Å². The number of benzene rings is 2. The van der Waals surface area contributed by atoms with Gasteiger partial charge < -0.3 is 9.80 Å². The summed E-state index contributed by atoms with van der Waals surface area (Å²) in [6.45, 7) is 6.37. The van der Waals surface area contributed by atoms with Crippen LogP contribution in [0.5, 0.6) is 0 Å². The second-order valence-corrected chi connectivity index (χ2v) is 8.70. The van der Waals surface area contributed by atoms with Gasteiger partial charge in [0.2, 0.25) is 0 Å². The molecule has 0 aliphatic carbocycles. The van der Waals surface area contributed by atoms with E-state index in [9.17, 15) is 4.79 Å². The molecule has 158 valence electrons. The number of fused-ring (bicyclic) bond motifs is 1. The molecule has 0 radical (unpaired) electrons. The Kier molecular flexibility index (Phi) is 6.54. The number of nitrogens with zero attached hydrogens (tertiary/aromatic N) is 3. The van der Waals surface area contributed by atoms with Gasteiger partial charge in [-0.25, -0.2) is 4.98 Å². The monoisotopic (exact) mass is 449 g/mol. The molecule has 0 fully saturated rings. The molecule has 0 bridgehead atoms. The molecule has 0 aliphatic heterocycles. The molecule has 0 atom stereocenters. The molecule has 0 saturated heterocycles. The van der Waals surface area contributed by atoms with Gasteiger partial charge in [0.1, 0.15) is 5.82 Å². The Morgan fingerprint density at radius 3 is 2.42 bits per heavy atom. The SMILES string of the molecule is CCN(CC)c1cccc(CN(C(=O)c2cc3ccccc3s2)c2ccc(Cl)cc2)n1. The number of hydrogen-bond acceptors (Lipinski definition) is 4. The average molecular weight is 450 g/mol. The van der Waals surface area contributed by atoms with E-state index in [4.69, 9.17) is 16.6 Å². The molecular weight excluding hydrogens is 426 g/mol. The Bertz CT molecular complexity index is 1150. The molecule has 6 heteroatoms. The van der Waals surface area contributed by atoms with Crippen molar-refractivity contribution in [2.45, 2.75) is 20.4 Å². The van der Waals surface area contributed by atoms with Crippen molar-refractivity contribution in [2.24, 2.45) is 0 Å². The van der Waals surface area contributed by atoms with Crippen molar-refractivity contribution in [3.8, 4) is 0 Å². The lowest BCUT2D eigenvalue weighted by Crippen LogP contribution is -2.30. The highest BCUT2D eigenvalue weighted by Crippen LogP contribution is 2.29. The molecule has 0 saturated carbocycles. The van der Waals surface area contributed by atoms with Crippen LogP contribution in [0.25, 0.3) is 10.1 Å². The van der Waals surface area contributed by atoms with E-state index in [1.807, 2.05) is 72.8 Å². The zero-order valence-corrected chi connectivity index (χ0v) is 19.2. The van der Waals surface area contributed by atoms with Crippen LogP contribution >= 0.6 is 22.9 Å². The third-order valence-electron chi connectivity index (χ3n) is 5.22. The van der Waals surface area contributed by atoms with E-state index in [-0.39, 0.29) is 5.91 Å². The molecule has 0 spiro atoms. The normalized spacial score (nSPS) is 10.9. The molecular formula is C25H24ClN3OS. The van der Waals surface area contributed by atoms with E-state index in [1.54, 1.807) is 4.90 Å². The van der Waals surface area contributed by atoms with Gasteiger partial charge in [0.05, 0.1) is 17.1 Å². The van der Waals surface area contributed by atoms with E-state index >= 15 is 0 Å². The minimum atomic E-state index is -0.0430.